The van der Waals surface area contributed by atoms with Crippen molar-refractivity contribution in [1.29, 1.82) is 0 Å². The quantitative estimate of drug-likeness (QED) is 0.371. The molecule has 2 aromatic carbocycles. The second-order valence-electron chi connectivity index (χ2n) is 6.57. The second kappa shape index (κ2) is 8.86. The van der Waals surface area contributed by atoms with E-state index in [0.29, 0.717) is 18.4 Å². The van der Waals surface area contributed by atoms with Gasteiger partial charge in [0.05, 0.1) is 6.42 Å². The minimum absolute atomic E-state index is 0.349. The van der Waals surface area contributed by atoms with Crippen molar-refractivity contribution in [2.75, 3.05) is 0 Å². The molecule has 0 fully saturated rings. The van der Waals surface area contributed by atoms with Gasteiger partial charge in [-0.1, -0.05) is 42.5 Å². The molecule has 0 atom stereocenters. The van der Waals surface area contributed by atoms with Crippen LogP contribution in [0.25, 0.3) is 0 Å². The fourth-order valence-electron chi connectivity index (χ4n) is 3.02. The van der Waals surface area contributed by atoms with Crippen LogP contribution in [0.2, 0.25) is 0 Å². The third-order valence-electron chi connectivity index (χ3n) is 4.32. The lowest BCUT2D eigenvalue weighted by atomic mass is 9.94. The van der Waals surface area contributed by atoms with Crippen LogP contribution >= 0.6 is 0 Å². The van der Waals surface area contributed by atoms with Crippen molar-refractivity contribution in [3.8, 4) is 0 Å². The van der Waals surface area contributed by atoms with E-state index in [1.54, 1.807) is 24.5 Å². The van der Waals surface area contributed by atoms with Gasteiger partial charge in [-0.05, 0) is 53.3 Å². The van der Waals surface area contributed by atoms with Crippen LogP contribution in [-0.2, 0) is 22.4 Å². The highest BCUT2D eigenvalue weighted by Gasteiger charge is 2.18. The number of Topliss-reactive ketones (excluding diaryl/α,β-unsaturated/α-hetero) is 2. The Balaban J connectivity index is 1.92. The monoisotopic (exact) mass is 373 g/mol. The van der Waals surface area contributed by atoms with Crippen LogP contribution in [0.4, 0.5) is 0 Å². The first-order chi connectivity index (χ1) is 13.5. The van der Waals surface area contributed by atoms with Crippen LogP contribution in [0.15, 0.2) is 73.1 Å². The molecule has 3 aromatic rings. The molecule has 0 aliphatic heterocycles. The number of carbonyl (C=O) groups excluding carboxylic acids is 2. The van der Waals surface area contributed by atoms with Gasteiger partial charge in [0.15, 0.2) is 5.78 Å². The van der Waals surface area contributed by atoms with E-state index in [4.69, 9.17) is 5.11 Å². The molecule has 5 heteroatoms. The number of pyridine rings is 1. The van der Waals surface area contributed by atoms with E-state index in [1.807, 2.05) is 48.5 Å². The van der Waals surface area contributed by atoms with Crippen LogP contribution in [0.1, 0.15) is 39.0 Å². The third-order valence-corrected chi connectivity index (χ3v) is 4.32. The first kappa shape index (κ1) is 19.2. The molecule has 0 amide bonds. The fourth-order valence-corrected chi connectivity index (χ4v) is 3.02. The molecule has 0 saturated carbocycles. The summed E-state index contributed by atoms with van der Waals surface area (Å²) < 4.78 is 0. The number of hydrogen-bond donors (Lipinski definition) is 1. The fraction of sp³-hybridized carbons (Fsp3) is 0.130. The molecule has 1 aromatic heterocycles. The van der Waals surface area contributed by atoms with E-state index in [0.717, 1.165) is 22.3 Å². The van der Waals surface area contributed by atoms with Gasteiger partial charge in [0.25, 0.3) is 0 Å². The molecule has 0 saturated heterocycles. The van der Waals surface area contributed by atoms with Crippen molar-refractivity contribution in [1.82, 2.24) is 4.98 Å². The smallest absolute Gasteiger partial charge is 0.372 e. The minimum Gasteiger partial charge on any atom is -0.475 e. The van der Waals surface area contributed by atoms with E-state index in [2.05, 4.69) is 4.98 Å². The molecule has 5 nitrogen and oxygen atoms in total. The number of carboxylic acid groups (broad SMARTS) is 1. The van der Waals surface area contributed by atoms with Crippen LogP contribution in [0, 0.1) is 0 Å². The first-order valence-electron chi connectivity index (χ1n) is 8.86. The van der Waals surface area contributed by atoms with Gasteiger partial charge in [0.2, 0.25) is 5.78 Å². The number of hydrogen-bond acceptors (Lipinski definition) is 4. The zero-order chi connectivity index (χ0) is 19.9. The zero-order valence-electron chi connectivity index (χ0n) is 15.2. The lowest BCUT2D eigenvalue weighted by Crippen LogP contribution is -2.17. The maximum atomic E-state index is 12.5. The molecule has 3 rings (SSSR count). The summed E-state index contributed by atoms with van der Waals surface area (Å²) >= 11 is 0. The van der Waals surface area contributed by atoms with Gasteiger partial charge in [-0.15, -0.1) is 0 Å². The highest BCUT2D eigenvalue weighted by molar-refractivity contribution is 6.37. The maximum Gasteiger partial charge on any atom is 0.372 e. The highest BCUT2D eigenvalue weighted by atomic mass is 16.4. The molecule has 1 heterocycles. The molecule has 1 N–H and O–H groups in total. The average Bonchev–Trinajstić information content (AvgIpc) is 2.69. The Kier molecular flexibility index (Phi) is 6.07. The number of aromatic nitrogens is 1. The molecular weight excluding hydrogens is 354 g/mol. The average molecular weight is 373 g/mol. The van der Waals surface area contributed by atoms with E-state index >= 15 is 0 Å². The molecule has 0 aliphatic rings. The Labute approximate surface area is 162 Å². The van der Waals surface area contributed by atoms with Crippen molar-refractivity contribution in [3.05, 3.63) is 101 Å². The standard InChI is InChI=1S/C23H19NO4/c25-21(14-22(26)23(27)28)20-12-18(9-16-5-2-1-3-6-16)11-19(13-20)10-17-7-4-8-24-15-17/h1-8,11-13,15H,9-10,14H2,(H,27,28). The summed E-state index contributed by atoms with van der Waals surface area (Å²) in [4.78, 5) is 38.8. The molecular formula is C23H19NO4. The van der Waals surface area contributed by atoms with Crippen molar-refractivity contribution in [3.63, 3.8) is 0 Å². The van der Waals surface area contributed by atoms with E-state index < -0.39 is 24.0 Å². The Bertz CT molecular complexity index is 938. The lowest BCUT2D eigenvalue weighted by Gasteiger charge is -2.10. The number of aliphatic carboxylic acids is 1. The van der Waals surface area contributed by atoms with Gasteiger partial charge in [0.1, 0.15) is 0 Å². The summed E-state index contributed by atoms with van der Waals surface area (Å²) in [7, 11) is 0. The van der Waals surface area contributed by atoms with Gasteiger partial charge in [-0.25, -0.2) is 4.79 Å². The lowest BCUT2D eigenvalue weighted by molar-refractivity contribution is -0.148. The van der Waals surface area contributed by atoms with Crippen molar-refractivity contribution >= 4 is 17.5 Å². The third kappa shape index (κ3) is 5.20. The summed E-state index contributed by atoms with van der Waals surface area (Å²) in [5, 5.41) is 8.77. The van der Waals surface area contributed by atoms with E-state index in [9.17, 15) is 14.4 Å². The van der Waals surface area contributed by atoms with Crippen molar-refractivity contribution in [2.24, 2.45) is 0 Å². The summed E-state index contributed by atoms with van der Waals surface area (Å²) in [6.45, 7) is 0. The normalized spacial score (nSPS) is 10.4. The Morgan fingerprint density at radius 1 is 0.786 bits per heavy atom. The van der Waals surface area contributed by atoms with Gasteiger partial charge >= 0.3 is 5.97 Å². The molecule has 0 bridgehead atoms. The van der Waals surface area contributed by atoms with Gasteiger partial charge < -0.3 is 5.11 Å². The van der Waals surface area contributed by atoms with Crippen LogP contribution in [0.3, 0.4) is 0 Å². The Morgan fingerprint density at radius 2 is 1.43 bits per heavy atom. The summed E-state index contributed by atoms with van der Waals surface area (Å²) in [6.07, 6.45) is 4.04. The number of carboxylic acids is 1. The Morgan fingerprint density at radius 3 is 2.04 bits per heavy atom. The molecule has 0 radical (unpaired) electrons. The molecule has 0 aliphatic carbocycles. The van der Waals surface area contributed by atoms with E-state index in [1.165, 1.54) is 0 Å². The number of nitrogens with zero attached hydrogens (tertiary/aromatic N) is 1. The molecule has 0 unspecified atom stereocenters. The van der Waals surface area contributed by atoms with E-state index in [-0.39, 0.29) is 0 Å². The summed E-state index contributed by atoms with van der Waals surface area (Å²) in [5.74, 6) is -3.19. The molecule has 140 valence electrons. The number of benzene rings is 2. The zero-order valence-corrected chi connectivity index (χ0v) is 15.2. The maximum absolute atomic E-state index is 12.5. The van der Waals surface area contributed by atoms with Crippen molar-refractivity contribution < 1.29 is 19.5 Å². The minimum atomic E-state index is -1.59. The van der Waals surface area contributed by atoms with Gasteiger partial charge in [-0.3, -0.25) is 14.6 Å². The highest BCUT2D eigenvalue weighted by Crippen LogP contribution is 2.19. The Hall–Kier alpha value is -3.60. The number of rotatable bonds is 8. The number of carbonyl (C=O) groups is 3. The largest absolute Gasteiger partial charge is 0.475 e. The van der Waals surface area contributed by atoms with Crippen LogP contribution in [0.5, 0.6) is 0 Å². The molecule has 0 spiro atoms. The molecule has 28 heavy (non-hydrogen) atoms. The topological polar surface area (TPSA) is 84.3 Å². The van der Waals surface area contributed by atoms with Crippen LogP contribution in [-0.4, -0.2) is 27.6 Å². The summed E-state index contributed by atoms with van der Waals surface area (Å²) in [6, 6.07) is 19.1. The first-order valence-corrected chi connectivity index (χ1v) is 8.86. The predicted molar refractivity (Wildman–Crippen MR) is 104 cm³/mol. The predicted octanol–water partition coefficient (Wildman–Crippen LogP) is 3.49. The van der Waals surface area contributed by atoms with Crippen molar-refractivity contribution in [2.45, 2.75) is 19.3 Å². The summed E-state index contributed by atoms with van der Waals surface area (Å²) in [5.41, 5.74) is 4.29. The number of ketones is 2. The van der Waals surface area contributed by atoms with Gasteiger partial charge in [0, 0.05) is 18.0 Å². The van der Waals surface area contributed by atoms with Gasteiger partial charge in [-0.2, -0.15) is 0 Å². The van der Waals surface area contributed by atoms with Crippen LogP contribution < -0.4 is 0 Å². The SMILES string of the molecule is O=C(O)C(=O)CC(=O)c1cc(Cc2ccccc2)cc(Cc2cccnc2)c1. The second-order valence-corrected chi connectivity index (χ2v) is 6.57.